The topological polar surface area (TPSA) is 103 Å². The zero-order valence-electron chi connectivity index (χ0n) is 18.5. The molecular formula is C24H28FN5O3. The van der Waals surface area contributed by atoms with Gasteiger partial charge in [-0.25, -0.2) is 14.2 Å². The molecule has 4 N–H and O–H groups in total. The number of ether oxygens (including phenoxy) is 1. The summed E-state index contributed by atoms with van der Waals surface area (Å²) in [5.41, 5.74) is 4.27. The molecule has 4 rings (SSSR count). The lowest BCUT2D eigenvalue weighted by atomic mass is 10.0. The van der Waals surface area contributed by atoms with Gasteiger partial charge in [0.05, 0.1) is 13.7 Å². The largest absolute Gasteiger partial charge is 0.496 e. The molecule has 0 unspecified atom stereocenters. The van der Waals surface area contributed by atoms with Gasteiger partial charge in [-0.1, -0.05) is 6.08 Å². The normalized spacial score (nSPS) is 13.8. The maximum Gasteiger partial charge on any atom is 0.317 e. The van der Waals surface area contributed by atoms with Crippen molar-refractivity contribution in [2.75, 3.05) is 46.4 Å². The van der Waals surface area contributed by atoms with Crippen LogP contribution in [0.3, 0.4) is 0 Å². The fourth-order valence-electron chi connectivity index (χ4n) is 4.00. The van der Waals surface area contributed by atoms with Crippen LogP contribution < -0.4 is 15.4 Å². The van der Waals surface area contributed by atoms with E-state index in [4.69, 9.17) is 9.84 Å². The summed E-state index contributed by atoms with van der Waals surface area (Å²) in [4.78, 5) is 21.9. The van der Waals surface area contributed by atoms with Crippen LogP contribution in [-0.4, -0.2) is 72.4 Å². The van der Waals surface area contributed by atoms with Gasteiger partial charge in [-0.05, 0) is 47.9 Å². The summed E-state index contributed by atoms with van der Waals surface area (Å²) in [6.45, 7) is 2.83. The number of methoxy groups -OCH3 is 1. The molecule has 3 aromatic rings. The number of amides is 2. The number of hydrogen-bond acceptors (Lipinski definition) is 5. The lowest BCUT2D eigenvalue weighted by Crippen LogP contribution is -2.44. The summed E-state index contributed by atoms with van der Waals surface area (Å²) in [5, 5.41) is 15.6. The van der Waals surface area contributed by atoms with Gasteiger partial charge in [0.15, 0.2) is 0 Å². The van der Waals surface area contributed by atoms with Crippen LogP contribution in [0.25, 0.3) is 27.7 Å². The van der Waals surface area contributed by atoms with Crippen LogP contribution in [0.1, 0.15) is 12.1 Å². The van der Waals surface area contributed by atoms with Gasteiger partial charge >= 0.3 is 6.03 Å². The van der Waals surface area contributed by atoms with Crippen molar-refractivity contribution in [3.8, 4) is 16.9 Å². The summed E-state index contributed by atoms with van der Waals surface area (Å²) in [6, 6.07) is 8.25. The number of halogens is 1. The van der Waals surface area contributed by atoms with Crippen molar-refractivity contribution in [3.63, 3.8) is 0 Å². The molecule has 1 aliphatic heterocycles. The third-order valence-electron chi connectivity index (χ3n) is 5.69. The molecule has 2 amide bonds. The van der Waals surface area contributed by atoms with Gasteiger partial charge in [-0.15, -0.1) is 0 Å². The monoisotopic (exact) mass is 453 g/mol. The van der Waals surface area contributed by atoms with Crippen LogP contribution in [0.4, 0.5) is 9.18 Å². The smallest absolute Gasteiger partial charge is 0.317 e. The van der Waals surface area contributed by atoms with E-state index in [2.05, 4.69) is 20.6 Å². The number of carbonyl (C=O) groups excluding carboxylic acids is 1. The third-order valence-corrected chi connectivity index (χ3v) is 5.69. The number of aromatic nitrogens is 2. The minimum atomic E-state index is -0.330. The van der Waals surface area contributed by atoms with Gasteiger partial charge in [0, 0.05) is 55.6 Å². The van der Waals surface area contributed by atoms with Gasteiger partial charge in [-0.2, -0.15) is 0 Å². The Morgan fingerprint density at radius 1 is 1.24 bits per heavy atom. The van der Waals surface area contributed by atoms with Crippen molar-refractivity contribution < 1.29 is 19.0 Å². The number of hydrogen-bond donors (Lipinski definition) is 4. The molecule has 3 heterocycles. The van der Waals surface area contributed by atoms with Crippen LogP contribution in [0.15, 0.2) is 42.6 Å². The first kappa shape index (κ1) is 22.8. The van der Waals surface area contributed by atoms with E-state index in [1.807, 2.05) is 18.2 Å². The molecule has 174 valence electrons. The predicted octanol–water partition coefficient (Wildman–Crippen LogP) is 2.76. The highest BCUT2D eigenvalue weighted by Gasteiger charge is 2.20. The Morgan fingerprint density at radius 2 is 2.12 bits per heavy atom. The van der Waals surface area contributed by atoms with E-state index in [1.54, 1.807) is 24.3 Å². The molecule has 0 atom stereocenters. The van der Waals surface area contributed by atoms with Crippen LogP contribution >= 0.6 is 0 Å². The number of aliphatic hydroxyl groups is 1. The number of rotatable bonds is 8. The highest BCUT2D eigenvalue weighted by atomic mass is 19.1. The summed E-state index contributed by atoms with van der Waals surface area (Å²) in [5.74, 6) is 0.265. The highest BCUT2D eigenvalue weighted by Crippen LogP contribution is 2.36. The zero-order valence-corrected chi connectivity index (χ0v) is 18.5. The van der Waals surface area contributed by atoms with Gasteiger partial charge in [0.25, 0.3) is 0 Å². The van der Waals surface area contributed by atoms with E-state index in [0.717, 1.165) is 22.2 Å². The van der Waals surface area contributed by atoms with Crippen molar-refractivity contribution >= 4 is 22.6 Å². The summed E-state index contributed by atoms with van der Waals surface area (Å²) < 4.78 is 19.4. The van der Waals surface area contributed by atoms with E-state index in [9.17, 15) is 9.18 Å². The number of benzene rings is 1. The minimum Gasteiger partial charge on any atom is -0.496 e. The van der Waals surface area contributed by atoms with Crippen LogP contribution in [0.5, 0.6) is 5.75 Å². The zero-order chi connectivity index (χ0) is 23.2. The molecule has 33 heavy (non-hydrogen) atoms. The highest BCUT2D eigenvalue weighted by molar-refractivity contribution is 5.96. The molecule has 0 radical (unpaired) electrons. The number of pyridine rings is 1. The van der Waals surface area contributed by atoms with E-state index >= 15 is 0 Å². The van der Waals surface area contributed by atoms with Gasteiger partial charge in [0.1, 0.15) is 17.2 Å². The summed E-state index contributed by atoms with van der Waals surface area (Å²) in [6.07, 6.45) is 4.45. The van der Waals surface area contributed by atoms with Crippen LogP contribution in [-0.2, 0) is 0 Å². The third kappa shape index (κ3) is 5.15. The standard InChI is InChI=1S/C24H28FN5O3/c1-33-22-3-2-17(25)14-19(22)18-4-7-27-23-20(18)15-21(29-23)16-5-11-30(12-6-16)24(32)28-9-8-26-10-13-31/h2-5,7,14-15,26,31H,6,8-13H2,1H3,(H,27,29)(H,28,32). The second kappa shape index (κ2) is 10.5. The Hall–Kier alpha value is -3.43. The number of aromatic amines is 1. The first-order valence-corrected chi connectivity index (χ1v) is 11.0. The molecule has 0 spiro atoms. The van der Waals surface area contributed by atoms with Crippen LogP contribution in [0, 0.1) is 5.82 Å². The molecule has 0 aliphatic carbocycles. The Labute approximate surface area is 191 Å². The Kier molecular flexibility index (Phi) is 7.21. The lowest BCUT2D eigenvalue weighted by molar-refractivity contribution is 0.203. The first-order chi connectivity index (χ1) is 16.1. The summed E-state index contributed by atoms with van der Waals surface area (Å²) in [7, 11) is 1.57. The number of fused-ring (bicyclic) bond motifs is 1. The van der Waals surface area contributed by atoms with Crippen molar-refractivity contribution in [1.82, 2.24) is 25.5 Å². The lowest BCUT2D eigenvalue weighted by Gasteiger charge is -2.26. The van der Waals surface area contributed by atoms with Gasteiger partial charge < -0.3 is 30.4 Å². The quantitative estimate of drug-likeness (QED) is 0.393. The van der Waals surface area contributed by atoms with Crippen molar-refractivity contribution in [2.45, 2.75) is 6.42 Å². The first-order valence-electron chi connectivity index (χ1n) is 11.0. The molecule has 1 aromatic carbocycles. The van der Waals surface area contributed by atoms with Crippen molar-refractivity contribution in [2.24, 2.45) is 0 Å². The molecule has 1 aliphatic rings. The predicted molar refractivity (Wildman–Crippen MR) is 126 cm³/mol. The molecule has 8 nitrogen and oxygen atoms in total. The van der Waals surface area contributed by atoms with Gasteiger partial charge in [-0.3, -0.25) is 0 Å². The average molecular weight is 454 g/mol. The number of H-pyrrole nitrogens is 1. The van der Waals surface area contributed by atoms with Crippen LogP contribution in [0.2, 0.25) is 0 Å². The molecule has 0 saturated carbocycles. The molecule has 0 fully saturated rings. The number of nitrogens with one attached hydrogen (secondary N) is 3. The maximum absolute atomic E-state index is 14.0. The number of urea groups is 1. The molecule has 0 bridgehead atoms. The van der Waals surface area contributed by atoms with E-state index in [1.165, 1.54) is 12.1 Å². The van der Waals surface area contributed by atoms with E-state index in [0.29, 0.717) is 56.1 Å². The fraction of sp³-hybridized carbons (Fsp3) is 0.333. The van der Waals surface area contributed by atoms with E-state index in [-0.39, 0.29) is 18.5 Å². The van der Waals surface area contributed by atoms with Crippen molar-refractivity contribution in [1.29, 1.82) is 0 Å². The maximum atomic E-state index is 14.0. The Balaban J connectivity index is 1.50. The van der Waals surface area contributed by atoms with Gasteiger partial charge in [0.2, 0.25) is 0 Å². The Morgan fingerprint density at radius 3 is 2.88 bits per heavy atom. The molecular weight excluding hydrogens is 425 g/mol. The minimum absolute atomic E-state index is 0.0776. The molecule has 2 aromatic heterocycles. The number of aliphatic hydroxyl groups excluding tert-OH is 1. The molecule has 0 saturated heterocycles. The van der Waals surface area contributed by atoms with E-state index < -0.39 is 0 Å². The van der Waals surface area contributed by atoms with Crippen molar-refractivity contribution in [3.05, 3.63) is 54.1 Å². The number of carbonyl (C=O) groups is 1. The molecule has 9 heteroatoms. The fourth-order valence-corrected chi connectivity index (χ4v) is 4.00. The SMILES string of the molecule is COc1ccc(F)cc1-c1ccnc2[nH]c(C3=CCN(C(=O)NCCNCCO)CC3)cc12. The average Bonchev–Trinajstić information content (AvgIpc) is 3.28. The Bertz CT molecular complexity index is 1160. The number of nitrogens with zero attached hydrogens (tertiary/aromatic N) is 2. The second-order valence-corrected chi connectivity index (χ2v) is 7.78. The summed E-state index contributed by atoms with van der Waals surface area (Å²) >= 11 is 0. The second-order valence-electron chi connectivity index (χ2n) is 7.78.